The Hall–Kier alpha value is -2.96. The Morgan fingerprint density at radius 2 is 1.96 bits per heavy atom. The highest BCUT2D eigenvalue weighted by Crippen LogP contribution is 2.28. The van der Waals surface area contributed by atoms with Crippen LogP contribution in [-0.2, 0) is 11.2 Å². The van der Waals surface area contributed by atoms with E-state index in [1.165, 1.54) is 6.92 Å². The van der Waals surface area contributed by atoms with Crippen molar-refractivity contribution in [1.82, 2.24) is 0 Å². The summed E-state index contributed by atoms with van der Waals surface area (Å²) in [6.45, 7) is 3.46. The molecule has 1 N–H and O–H groups in total. The number of carbonyl (C=O) groups excluding carboxylic acids is 1. The minimum Gasteiger partial charge on any atom is -0.474 e. The molecule has 2 aromatic carbocycles. The molecule has 2 rings (SSSR count). The Balaban J connectivity index is 2.08. The number of rotatable bonds is 6. The lowest BCUT2D eigenvalue weighted by Crippen LogP contribution is -2.30. The number of halogens is 1. The molecule has 7 heteroatoms. The van der Waals surface area contributed by atoms with Crippen LogP contribution in [-0.4, -0.2) is 16.9 Å². The van der Waals surface area contributed by atoms with Crippen molar-refractivity contribution in [3.8, 4) is 5.75 Å². The molecule has 0 unspecified atom stereocenters. The van der Waals surface area contributed by atoms with Crippen molar-refractivity contribution in [2.24, 2.45) is 0 Å². The predicted molar refractivity (Wildman–Crippen MR) is 87.6 cm³/mol. The van der Waals surface area contributed by atoms with Crippen molar-refractivity contribution < 1.29 is 18.8 Å². The van der Waals surface area contributed by atoms with Crippen molar-refractivity contribution in [3.63, 3.8) is 0 Å². The van der Waals surface area contributed by atoms with E-state index in [1.807, 2.05) is 19.1 Å². The highest BCUT2D eigenvalue weighted by atomic mass is 19.1. The summed E-state index contributed by atoms with van der Waals surface area (Å²) in [5.41, 5.74) is 1.32. The zero-order valence-electron chi connectivity index (χ0n) is 13.3. The van der Waals surface area contributed by atoms with Gasteiger partial charge >= 0.3 is 5.69 Å². The average Bonchev–Trinajstić information content (AvgIpc) is 2.55. The van der Waals surface area contributed by atoms with E-state index in [4.69, 9.17) is 4.74 Å². The lowest BCUT2D eigenvalue weighted by molar-refractivity contribution is -0.386. The number of benzene rings is 2. The lowest BCUT2D eigenvalue weighted by atomic mass is 10.1. The van der Waals surface area contributed by atoms with Gasteiger partial charge in [0, 0.05) is 17.8 Å². The third kappa shape index (κ3) is 4.28. The Kier molecular flexibility index (Phi) is 5.47. The minimum atomic E-state index is -1.03. The number of hydrogen-bond donors (Lipinski definition) is 1. The zero-order valence-corrected chi connectivity index (χ0v) is 13.3. The van der Waals surface area contributed by atoms with Crippen LogP contribution < -0.4 is 10.1 Å². The third-order valence-electron chi connectivity index (χ3n) is 3.42. The quantitative estimate of drug-likeness (QED) is 0.646. The Bertz CT molecular complexity index is 747. The van der Waals surface area contributed by atoms with Gasteiger partial charge in [0.25, 0.3) is 5.91 Å². The van der Waals surface area contributed by atoms with Crippen LogP contribution in [0.25, 0.3) is 0 Å². The minimum absolute atomic E-state index is 0.288. The summed E-state index contributed by atoms with van der Waals surface area (Å²) in [7, 11) is 0. The summed E-state index contributed by atoms with van der Waals surface area (Å²) in [5.74, 6) is -1.46. The summed E-state index contributed by atoms with van der Waals surface area (Å²) in [6.07, 6.45) is -0.145. The van der Waals surface area contributed by atoms with Crippen molar-refractivity contribution >= 4 is 17.3 Å². The first kappa shape index (κ1) is 17.4. The second kappa shape index (κ2) is 7.54. The van der Waals surface area contributed by atoms with Crippen molar-refractivity contribution in [2.75, 3.05) is 5.32 Å². The molecule has 1 amide bonds. The third-order valence-corrected chi connectivity index (χ3v) is 3.42. The molecule has 24 heavy (non-hydrogen) atoms. The summed E-state index contributed by atoms with van der Waals surface area (Å²) in [6, 6.07) is 10.1. The van der Waals surface area contributed by atoms with E-state index in [9.17, 15) is 19.3 Å². The van der Waals surface area contributed by atoms with Gasteiger partial charge in [-0.2, -0.15) is 0 Å². The fourth-order valence-electron chi connectivity index (χ4n) is 2.04. The summed E-state index contributed by atoms with van der Waals surface area (Å²) < 4.78 is 18.5. The first-order chi connectivity index (χ1) is 11.4. The second-order valence-corrected chi connectivity index (χ2v) is 5.17. The van der Waals surface area contributed by atoms with E-state index in [2.05, 4.69) is 5.32 Å². The van der Waals surface area contributed by atoms with Gasteiger partial charge in [-0.1, -0.05) is 19.1 Å². The number of amides is 1. The van der Waals surface area contributed by atoms with Gasteiger partial charge in [0.2, 0.25) is 5.75 Å². The van der Waals surface area contributed by atoms with Crippen LogP contribution in [0.5, 0.6) is 5.75 Å². The van der Waals surface area contributed by atoms with Gasteiger partial charge in [-0.3, -0.25) is 14.9 Å². The SMILES string of the molecule is CCc1ccc(NC(=O)[C@@H](C)Oc2cc(F)ccc2[N+](=O)[O-])cc1. The number of anilines is 1. The van der Waals surface area contributed by atoms with Crippen LogP contribution in [0.15, 0.2) is 42.5 Å². The topological polar surface area (TPSA) is 81.5 Å². The van der Waals surface area contributed by atoms with Crippen molar-refractivity contribution in [1.29, 1.82) is 0 Å². The van der Waals surface area contributed by atoms with Gasteiger partial charge in [0.05, 0.1) is 4.92 Å². The van der Waals surface area contributed by atoms with E-state index < -0.39 is 28.4 Å². The molecule has 0 aliphatic rings. The molecule has 0 heterocycles. The number of nitro benzene ring substituents is 1. The fraction of sp³-hybridized carbons (Fsp3) is 0.235. The largest absolute Gasteiger partial charge is 0.474 e. The molecule has 1 atom stereocenters. The zero-order chi connectivity index (χ0) is 17.7. The van der Waals surface area contributed by atoms with Crippen molar-refractivity contribution in [3.05, 3.63) is 64.0 Å². The van der Waals surface area contributed by atoms with Gasteiger partial charge in [0.15, 0.2) is 6.10 Å². The van der Waals surface area contributed by atoms with E-state index in [0.717, 1.165) is 30.2 Å². The molecule has 126 valence electrons. The highest BCUT2D eigenvalue weighted by molar-refractivity contribution is 5.94. The van der Waals surface area contributed by atoms with Gasteiger partial charge in [-0.15, -0.1) is 0 Å². The first-order valence-corrected chi connectivity index (χ1v) is 7.41. The van der Waals surface area contributed by atoms with E-state index in [1.54, 1.807) is 12.1 Å². The second-order valence-electron chi connectivity index (χ2n) is 5.17. The molecule has 0 fully saturated rings. The number of nitrogens with one attached hydrogen (secondary N) is 1. The molecule has 0 spiro atoms. The predicted octanol–water partition coefficient (Wildman–Crippen LogP) is 3.70. The van der Waals surface area contributed by atoms with Gasteiger partial charge in [0.1, 0.15) is 5.82 Å². The molecule has 2 aromatic rings. The van der Waals surface area contributed by atoms with Crippen LogP contribution in [0.2, 0.25) is 0 Å². The number of hydrogen-bond acceptors (Lipinski definition) is 4. The average molecular weight is 332 g/mol. The molecule has 0 radical (unpaired) electrons. The maximum absolute atomic E-state index is 13.3. The molecular weight excluding hydrogens is 315 g/mol. The standard InChI is InChI=1S/C17H17FN2O4/c1-3-12-4-7-14(8-5-12)19-17(21)11(2)24-16-10-13(18)6-9-15(16)20(22)23/h4-11H,3H2,1-2H3,(H,19,21)/t11-/m1/s1. The highest BCUT2D eigenvalue weighted by Gasteiger charge is 2.22. The summed E-state index contributed by atoms with van der Waals surface area (Å²) in [5, 5.41) is 13.6. The summed E-state index contributed by atoms with van der Waals surface area (Å²) >= 11 is 0. The first-order valence-electron chi connectivity index (χ1n) is 7.41. The van der Waals surface area contributed by atoms with E-state index in [0.29, 0.717) is 5.69 Å². The Labute approximate surface area is 138 Å². The normalized spacial score (nSPS) is 11.6. The maximum atomic E-state index is 13.3. The number of aryl methyl sites for hydroxylation is 1. The number of nitro groups is 1. The molecule has 0 saturated heterocycles. The van der Waals surface area contributed by atoms with Crippen LogP contribution in [0.4, 0.5) is 15.8 Å². The molecule has 0 aliphatic heterocycles. The monoisotopic (exact) mass is 332 g/mol. The van der Waals surface area contributed by atoms with Gasteiger partial charge in [-0.25, -0.2) is 4.39 Å². The molecule has 0 saturated carbocycles. The van der Waals surface area contributed by atoms with Gasteiger partial charge < -0.3 is 10.1 Å². The van der Waals surface area contributed by atoms with Crippen LogP contribution in [0.3, 0.4) is 0 Å². The smallest absolute Gasteiger partial charge is 0.311 e. The van der Waals surface area contributed by atoms with Crippen LogP contribution in [0, 0.1) is 15.9 Å². The number of carbonyl (C=O) groups is 1. The Morgan fingerprint density at radius 3 is 2.54 bits per heavy atom. The lowest BCUT2D eigenvalue weighted by Gasteiger charge is -2.15. The molecular formula is C17H17FN2O4. The fourth-order valence-corrected chi connectivity index (χ4v) is 2.04. The Morgan fingerprint density at radius 1 is 1.29 bits per heavy atom. The molecule has 0 aliphatic carbocycles. The van der Waals surface area contributed by atoms with E-state index in [-0.39, 0.29) is 5.75 Å². The molecule has 0 bridgehead atoms. The molecule has 0 aromatic heterocycles. The summed E-state index contributed by atoms with van der Waals surface area (Å²) in [4.78, 5) is 22.4. The van der Waals surface area contributed by atoms with E-state index >= 15 is 0 Å². The number of nitrogens with zero attached hydrogens (tertiary/aromatic N) is 1. The number of ether oxygens (including phenoxy) is 1. The van der Waals surface area contributed by atoms with Crippen LogP contribution in [0.1, 0.15) is 19.4 Å². The van der Waals surface area contributed by atoms with Crippen LogP contribution >= 0.6 is 0 Å². The molecule has 6 nitrogen and oxygen atoms in total. The van der Waals surface area contributed by atoms with Gasteiger partial charge in [-0.05, 0) is 37.1 Å². The maximum Gasteiger partial charge on any atom is 0.311 e. The van der Waals surface area contributed by atoms with Crippen molar-refractivity contribution in [2.45, 2.75) is 26.4 Å².